The van der Waals surface area contributed by atoms with E-state index in [1.807, 2.05) is 12.1 Å². The molecule has 0 radical (unpaired) electrons. The van der Waals surface area contributed by atoms with Crippen molar-refractivity contribution in [2.24, 2.45) is 0 Å². The van der Waals surface area contributed by atoms with Crippen LogP contribution in [0.5, 0.6) is 5.75 Å². The first-order chi connectivity index (χ1) is 17.8. The highest BCUT2D eigenvalue weighted by molar-refractivity contribution is 7.92. The Morgan fingerprint density at radius 2 is 1.95 bits per heavy atom. The molecule has 2 aromatic carbocycles. The molecule has 3 heterocycles. The largest absolute Gasteiger partial charge is 0.487 e. The van der Waals surface area contributed by atoms with Crippen LogP contribution in [0.4, 0.5) is 10.1 Å². The lowest BCUT2D eigenvalue weighted by molar-refractivity contribution is -0.142. The monoisotopic (exact) mass is 527 g/mol. The van der Waals surface area contributed by atoms with Crippen LogP contribution in [-0.4, -0.2) is 49.3 Å². The van der Waals surface area contributed by atoms with Crippen molar-refractivity contribution in [3.05, 3.63) is 83.9 Å². The lowest BCUT2D eigenvalue weighted by Crippen LogP contribution is -2.47. The van der Waals surface area contributed by atoms with Crippen molar-refractivity contribution in [3.8, 4) is 5.75 Å². The summed E-state index contributed by atoms with van der Waals surface area (Å²) in [6.07, 6.45) is 0.647. The Kier molecular flexibility index (Phi) is 7.09. The van der Waals surface area contributed by atoms with Crippen LogP contribution in [0.1, 0.15) is 30.0 Å². The summed E-state index contributed by atoms with van der Waals surface area (Å²) in [7, 11) is -3.93. The number of hydrogen-bond acceptors (Lipinski definition) is 7. The number of sulfonamides is 1. The molecule has 0 bridgehead atoms. The summed E-state index contributed by atoms with van der Waals surface area (Å²) in [5.74, 6) is -0.366. The number of anilines is 1. The molecule has 1 saturated heterocycles. The van der Waals surface area contributed by atoms with Crippen LogP contribution >= 0.6 is 0 Å². The number of ether oxygens (including phenoxy) is 2. The summed E-state index contributed by atoms with van der Waals surface area (Å²) < 4.78 is 53.3. The lowest BCUT2D eigenvalue weighted by atomic mass is 9.84. The Balaban J connectivity index is 1.29. The van der Waals surface area contributed by atoms with Crippen LogP contribution in [-0.2, 0) is 26.1 Å². The number of hydrogen-bond donors (Lipinski definition) is 3. The second kappa shape index (κ2) is 10.4. The average Bonchev–Trinajstić information content (AvgIpc) is 3.25. The number of halogens is 1. The van der Waals surface area contributed by atoms with Gasteiger partial charge in [-0.1, -0.05) is 6.07 Å². The van der Waals surface area contributed by atoms with Crippen molar-refractivity contribution in [1.29, 1.82) is 0 Å². The number of rotatable bonds is 8. The normalized spacial score (nSPS) is 22.4. The third kappa shape index (κ3) is 5.58. The van der Waals surface area contributed by atoms with Crippen LogP contribution in [0.2, 0.25) is 0 Å². The van der Waals surface area contributed by atoms with Crippen molar-refractivity contribution >= 4 is 21.6 Å². The van der Waals surface area contributed by atoms with E-state index in [4.69, 9.17) is 9.47 Å². The zero-order chi connectivity index (χ0) is 26.0. The summed E-state index contributed by atoms with van der Waals surface area (Å²) in [5.41, 5.74) is 1.83. The maximum Gasteiger partial charge on any atom is 0.261 e. The minimum absolute atomic E-state index is 0.0632. The molecule has 11 heteroatoms. The predicted molar refractivity (Wildman–Crippen MR) is 132 cm³/mol. The molecule has 2 aliphatic heterocycles. The summed E-state index contributed by atoms with van der Waals surface area (Å²) in [5, 5.41) is 12.8. The molecule has 5 rings (SSSR count). The molecule has 9 nitrogen and oxygen atoms in total. The molecule has 0 aliphatic carbocycles. The van der Waals surface area contributed by atoms with Gasteiger partial charge in [-0.15, -0.1) is 0 Å². The number of carbonyl (C=O) groups is 1. The first-order valence-corrected chi connectivity index (χ1v) is 13.3. The van der Waals surface area contributed by atoms with Crippen molar-refractivity contribution < 1.29 is 32.2 Å². The minimum atomic E-state index is -3.93. The Labute approximate surface area is 213 Å². The van der Waals surface area contributed by atoms with Gasteiger partial charge in [-0.3, -0.25) is 14.5 Å². The number of aliphatic hydroxyl groups is 1. The number of amides is 1. The van der Waals surface area contributed by atoms with Gasteiger partial charge in [0.15, 0.2) is 0 Å². The topological polar surface area (TPSA) is 127 Å². The summed E-state index contributed by atoms with van der Waals surface area (Å²) in [6, 6.07) is 14.9. The van der Waals surface area contributed by atoms with Gasteiger partial charge in [0, 0.05) is 23.4 Å². The molecular formula is C26H26FN3O6S. The van der Waals surface area contributed by atoms with E-state index < -0.39 is 34.2 Å². The van der Waals surface area contributed by atoms with Gasteiger partial charge in [0.2, 0.25) is 5.91 Å². The van der Waals surface area contributed by atoms with Crippen LogP contribution in [0.15, 0.2) is 71.8 Å². The van der Waals surface area contributed by atoms with Crippen LogP contribution in [0.25, 0.3) is 0 Å². The summed E-state index contributed by atoms with van der Waals surface area (Å²) in [4.78, 5) is 16.7. The molecule has 194 valence electrons. The maximum atomic E-state index is 13.2. The fourth-order valence-corrected chi connectivity index (χ4v) is 5.80. The highest BCUT2D eigenvalue weighted by Crippen LogP contribution is 2.47. The molecule has 0 saturated carbocycles. The Bertz CT molecular complexity index is 1370. The number of aliphatic hydroxyl groups excluding tert-OH is 1. The molecular weight excluding hydrogens is 501 g/mol. The molecule has 1 aromatic heterocycles. The number of carbonyl (C=O) groups excluding carboxylic acids is 1. The highest BCUT2D eigenvalue weighted by Gasteiger charge is 2.46. The third-order valence-electron chi connectivity index (χ3n) is 6.48. The summed E-state index contributed by atoms with van der Waals surface area (Å²) >= 11 is 0. The Hall–Kier alpha value is -3.54. The zero-order valence-electron chi connectivity index (χ0n) is 19.7. The second-order valence-electron chi connectivity index (χ2n) is 9.02. The van der Waals surface area contributed by atoms with E-state index in [2.05, 4.69) is 15.0 Å². The molecule has 2 aliphatic rings. The predicted octanol–water partition coefficient (Wildman–Crippen LogP) is 2.72. The second-order valence-corrected chi connectivity index (χ2v) is 10.7. The number of benzene rings is 2. The summed E-state index contributed by atoms with van der Waals surface area (Å²) in [6.45, 7) is 0.0106. The number of pyridine rings is 1. The van der Waals surface area contributed by atoms with Crippen LogP contribution in [0.3, 0.4) is 0 Å². The van der Waals surface area contributed by atoms with E-state index in [-0.39, 0.29) is 29.7 Å². The van der Waals surface area contributed by atoms with E-state index in [1.54, 1.807) is 30.5 Å². The Morgan fingerprint density at radius 3 is 2.68 bits per heavy atom. The maximum absolute atomic E-state index is 13.2. The lowest BCUT2D eigenvalue weighted by Gasteiger charge is -2.37. The highest BCUT2D eigenvalue weighted by atomic mass is 32.2. The smallest absolute Gasteiger partial charge is 0.261 e. The quantitative estimate of drug-likeness (QED) is 0.411. The number of fused-ring (bicyclic) bond motifs is 3. The zero-order valence-corrected chi connectivity index (χ0v) is 20.5. The molecule has 0 unspecified atom stereocenters. The average molecular weight is 528 g/mol. The fourth-order valence-electron chi connectivity index (χ4n) is 4.75. The van der Waals surface area contributed by atoms with Gasteiger partial charge in [-0.25, -0.2) is 12.8 Å². The van der Waals surface area contributed by atoms with E-state index in [0.29, 0.717) is 24.4 Å². The molecule has 1 amide bonds. The van der Waals surface area contributed by atoms with E-state index in [0.717, 1.165) is 23.4 Å². The standard InChI is InChI=1S/C26H26FN3O6S/c27-16-4-7-20(8-5-16)37(33,34)30-17-6-9-23-21(11-17)22-12-19(35-24(15-31)26(22)36-23)13-25(32)29-14-18-3-1-2-10-28-18/h1-11,19,22,24,26,30-31H,12-15H2,(H,29,32)/t19-,22+,24+,26-/m0/s1. The van der Waals surface area contributed by atoms with Gasteiger partial charge < -0.3 is 19.9 Å². The van der Waals surface area contributed by atoms with Gasteiger partial charge in [0.05, 0.1) is 36.3 Å². The molecule has 4 atom stereocenters. The van der Waals surface area contributed by atoms with E-state index in [9.17, 15) is 22.7 Å². The first-order valence-electron chi connectivity index (χ1n) is 11.8. The minimum Gasteiger partial charge on any atom is -0.487 e. The van der Waals surface area contributed by atoms with Gasteiger partial charge in [-0.05, 0) is 61.0 Å². The van der Waals surface area contributed by atoms with Gasteiger partial charge in [-0.2, -0.15) is 0 Å². The van der Waals surface area contributed by atoms with Crippen LogP contribution < -0.4 is 14.8 Å². The van der Waals surface area contributed by atoms with Gasteiger partial charge in [0.1, 0.15) is 23.8 Å². The SMILES string of the molecule is O=C(C[C@@H]1C[C@@H]2c3cc(NS(=O)(=O)c4ccc(F)cc4)ccc3O[C@@H]2[C@@H](CO)O1)NCc1ccccn1. The molecule has 1 fully saturated rings. The first kappa shape index (κ1) is 25.1. The third-order valence-corrected chi connectivity index (χ3v) is 7.88. The van der Waals surface area contributed by atoms with Crippen molar-refractivity contribution in [3.63, 3.8) is 0 Å². The van der Waals surface area contributed by atoms with Gasteiger partial charge >= 0.3 is 0 Å². The number of aromatic nitrogens is 1. The molecule has 37 heavy (non-hydrogen) atoms. The van der Waals surface area contributed by atoms with Crippen molar-refractivity contribution in [2.75, 3.05) is 11.3 Å². The van der Waals surface area contributed by atoms with Crippen LogP contribution in [0, 0.1) is 5.82 Å². The molecule has 0 spiro atoms. The number of nitrogens with zero attached hydrogens (tertiary/aromatic N) is 1. The van der Waals surface area contributed by atoms with Crippen molar-refractivity contribution in [2.45, 2.75) is 48.5 Å². The fraction of sp³-hybridized carbons (Fsp3) is 0.308. The van der Waals surface area contributed by atoms with Gasteiger partial charge in [0.25, 0.3) is 10.0 Å². The molecule has 3 aromatic rings. The number of nitrogens with one attached hydrogen (secondary N) is 2. The van der Waals surface area contributed by atoms with E-state index in [1.165, 1.54) is 12.1 Å². The molecule has 3 N–H and O–H groups in total. The van der Waals surface area contributed by atoms with E-state index >= 15 is 0 Å². The Morgan fingerprint density at radius 1 is 1.14 bits per heavy atom. The van der Waals surface area contributed by atoms with Crippen molar-refractivity contribution in [1.82, 2.24) is 10.3 Å².